The minimum atomic E-state index is -0.182. The molecule has 1 aromatic heterocycles. The maximum Gasteiger partial charge on any atom is 0.274 e. The average Bonchev–Trinajstić information content (AvgIpc) is 2.58. The van der Waals surface area contributed by atoms with Crippen molar-refractivity contribution in [2.24, 2.45) is 0 Å². The van der Waals surface area contributed by atoms with E-state index < -0.39 is 0 Å². The molecule has 0 spiro atoms. The van der Waals surface area contributed by atoms with E-state index in [1.165, 1.54) is 24.8 Å². The highest BCUT2D eigenvalue weighted by atomic mass is 16.1. The van der Waals surface area contributed by atoms with Crippen molar-refractivity contribution in [3.63, 3.8) is 0 Å². The fourth-order valence-electron chi connectivity index (χ4n) is 3.51. The first-order valence-corrected chi connectivity index (χ1v) is 8.94. The molecule has 132 valence electrons. The number of piperidine rings is 1. The Hall–Kier alpha value is -2.43. The first-order valence-electron chi connectivity index (χ1n) is 8.94. The van der Waals surface area contributed by atoms with Gasteiger partial charge in [-0.05, 0) is 58.1 Å². The molecule has 5 heteroatoms. The Morgan fingerprint density at radius 1 is 0.960 bits per heavy atom. The van der Waals surface area contributed by atoms with Gasteiger partial charge in [-0.2, -0.15) is 0 Å². The molecule has 1 aliphatic rings. The highest BCUT2D eigenvalue weighted by molar-refractivity contribution is 6.04. The molecule has 0 bridgehead atoms. The van der Waals surface area contributed by atoms with E-state index in [9.17, 15) is 4.79 Å². The second kappa shape index (κ2) is 7.21. The number of hydrogen-bond acceptors (Lipinski definition) is 4. The van der Waals surface area contributed by atoms with Crippen molar-refractivity contribution in [2.45, 2.75) is 47.0 Å². The molecule has 1 N–H and O–H groups in total. The van der Waals surface area contributed by atoms with Crippen molar-refractivity contribution >= 4 is 17.4 Å². The second-order valence-corrected chi connectivity index (χ2v) is 6.93. The molecule has 2 aromatic rings. The maximum atomic E-state index is 12.8. The van der Waals surface area contributed by atoms with Crippen molar-refractivity contribution in [3.05, 3.63) is 46.4 Å². The number of benzene rings is 1. The number of carbonyl (C=O) groups is 1. The zero-order chi connectivity index (χ0) is 18.0. The highest BCUT2D eigenvalue weighted by Crippen LogP contribution is 2.23. The standard InChI is InChI=1S/C20H26N4O/c1-13-10-14(2)19(15(3)11-13)23-20(25)17-12-18(22-16(4)21-17)24-8-6-5-7-9-24/h10-12H,5-9H2,1-4H3,(H,23,25). The smallest absolute Gasteiger partial charge is 0.274 e. The molecule has 0 saturated carbocycles. The zero-order valence-electron chi connectivity index (χ0n) is 15.5. The Morgan fingerprint density at radius 2 is 1.60 bits per heavy atom. The van der Waals surface area contributed by atoms with Crippen molar-refractivity contribution in [3.8, 4) is 0 Å². The van der Waals surface area contributed by atoms with Gasteiger partial charge in [0.15, 0.2) is 0 Å². The van der Waals surface area contributed by atoms with E-state index in [0.29, 0.717) is 11.5 Å². The minimum Gasteiger partial charge on any atom is -0.356 e. The van der Waals surface area contributed by atoms with Crippen molar-refractivity contribution < 1.29 is 4.79 Å². The van der Waals surface area contributed by atoms with E-state index >= 15 is 0 Å². The number of amides is 1. The van der Waals surface area contributed by atoms with Gasteiger partial charge in [0.2, 0.25) is 0 Å². The predicted octanol–water partition coefficient (Wildman–Crippen LogP) is 3.95. The molecular formula is C20H26N4O. The van der Waals surface area contributed by atoms with Gasteiger partial charge in [-0.15, -0.1) is 0 Å². The third-order valence-corrected chi connectivity index (χ3v) is 4.65. The van der Waals surface area contributed by atoms with Gasteiger partial charge in [0, 0.05) is 24.8 Å². The fraction of sp³-hybridized carbons (Fsp3) is 0.450. The molecule has 0 atom stereocenters. The number of anilines is 2. The van der Waals surface area contributed by atoms with Crippen LogP contribution in [0.2, 0.25) is 0 Å². The summed E-state index contributed by atoms with van der Waals surface area (Å²) in [6.45, 7) is 9.91. The van der Waals surface area contributed by atoms with E-state index in [2.05, 4.69) is 39.2 Å². The Balaban J connectivity index is 1.86. The highest BCUT2D eigenvalue weighted by Gasteiger charge is 2.17. The molecule has 2 heterocycles. The van der Waals surface area contributed by atoms with Crippen LogP contribution in [0.15, 0.2) is 18.2 Å². The summed E-state index contributed by atoms with van der Waals surface area (Å²) < 4.78 is 0. The molecule has 1 saturated heterocycles. The largest absolute Gasteiger partial charge is 0.356 e. The van der Waals surface area contributed by atoms with E-state index in [4.69, 9.17) is 0 Å². The van der Waals surface area contributed by atoms with Crippen LogP contribution in [0, 0.1) is 27.7 Å². The summed E-state index contributed by atoms with van der Waals surface area (Å²) in [6.07, 6.45) is 3.61. The first-order chi connectivity index (χ1) is 11.9. The van der Waals surface area contributed by atoms with Crippen molar-refractivity contribution in [2.75, 3.05) is 23.3 Å². The van der Waals surface area contributed by atoms with Crippen LogP contribution in [-0.2, 0) is 0 Å². The number of nitrogens with one attached hydrogen (secondary N) is 1. The third kappa shape index (κ3) is 3.98. The van der Waals surface area contributed by atoms with Crippen LogP contribution in [-0.4, -0.2) is 29.0 Å². The summed E-state index contributed by atoms with van der Waals surface area (Å²) in [5.74, 6) is 1.30. The van der Waals surface area contributed by atoms with Crippen LogP contribution in [0.1, 0.15) is 52.3 Å². The molecule has 1 aliphatic heterocycles. The Morgan fingerprint density at radius 3 is 2.24 bits per heavy atom. The molecule has 0 radical (unpaired) electrons. The van der Waals surface area contributed by atoms with Gasteiger partial charge in [-0.25, -0.2) is 9.97 Å². The van der Waals surface area contributed by atoms with Crippen molar-refractivity contribution in [1.29, 1.82) is 0 Å². The van der Waals surface area contributed by atoms with Crippen LogP contribution in [0.4, 0.5) is 11.5 Å². The lowest BCUT2D eigenvalue weighted by molar-refractivity contribution is 0.102. The van der Waals surface area contributed by atoms with Gasteiger partial charge < -0.3 is 10.2 Å². The predicted molar refractivity (Wildman–Crippen MR) is 101 cm³/mol. The topological polar surface area (TPSA) is 58.1 Å². The van der Waals surface area contributed by atoms with Gasteiger partial charge in [0.05, 0.1) is 0 Å². The Labute approximate surface area is 149 Å². The van der Waals surface area contributed by atoms with Gasteiger partial charge in [0.1, 0.15) is 17.3 Å². The van der Waals surface area contributed by atoms with E-state index in [0.717, 1.165) is 35.7 Å². The van der Waals surface area contributed by atoms with E-state index in [1.54, 1.807) is 0 Å². The SMILES string of the molecule is Cc1cc(C)c(NC(=O)c2cc(N3CCCCC3)nc(C)n2)c(C)c1. The summed E-state index contributed by atoms with van der Waals surface area (Å²) in [5, 5.41) is 3.03. The first kappa shape index (κ1) is 17.4. The quantitative estimate of drug-likeness (QED) is 0.920. The summed E-state index contributed by atoms with van der Waals surface area (Å²) in [4.78, 5) is 23.9. The zero-order valence-corrected chi connectivity index (χ0v) is 15.5. The summed E-state index contributed by atoms with van der Waals surface area (Å²) in [7, 11) is 0. The van der Waals surface area contributed by atoms with Crippen LogP contribution in [0.3, 0.4) is 0 Å². The number of aryl methyl sites for hydroxylation is 4. The monoisotopic (exact) mass is 338 g/mol. The molecule has 1 aromatic carbocycles. The van der Waals surface area contributed by atoms with Gasteiger partial charge in [-0.1, -0.05) is 17.7 Å². The maximum absolute atomic E-state index is 12.8. The lowest BCUT2D eigenvalue weighted by Crippen LogP contribution is -2.31. The minimum absolute atomic E-state index is 0.182. The van der Waals surface area contributed by atoms with Crippen LogP contribution in [0.25, 0.3) is 0 Å². The number of hydrogen-bond donors (Lipinski definition) is 1. The number of carbonyl (C=O) groups excluding carboxylic acids is 1. The molecule has 5 nitrogen and oxygen atoms in total. The number of nitrogens with zero attached hydrogens (tertiary/aromatic N) is 3. The van der Waals surface area contributed by atoms with E-state index in [1.807, 2.05) is 26.8 Å². The molecule has 3 rings (SSSR count). The lowest BCUT2D eigenvalue weighted by Gasteiger charge is -2.28. The molecule has 1 fully saturated rings. The summed E-state index contributed by atoms with van der Waals surface area (Å²) in [6, 6.07) is 5.96. The van der Waals surface area contributed by atoms with Gasteiger partial charge in [0.25, 0.3) is 5.91 Å². The van der Waals surface area contributed by atoms with Crippen LogP contribution < -0.4 is 10.2 Å². The number of rotatable bonds is 3. The lowest BCUT2D eigenvalue weighted by atomic mass is 10.0. The Kier molecular flexibility index (Phi) is 5.02. The fourth-order valence-corrected chi connectivity index (χ4v) is 3.51. The molecule has 1 amide bonds. The van der Waals surface area contributed by atoms with Crippen LogP contribution >= 0.6 is 0 Å². The van der Waals surface area contributed by atoms with Gasteiger partial charge in [-0.3, -0.25) is 4.79 Å². The normalized spacial score (nSPS) is 14.5. The summed E-state index contributed by atoms with van der Waals surface area (Å²) >= 11 is 0. The average molecular weight is 338 g/mol. The third-order valence-electron chi connectivity index (χ3n) is 4.65. The molecule has 0 aliphatic carbocycles. The van der Waals surface area contributed by atoms with Crippen molar-refractivity contribution in [1.82, 2.24) is 9.97 Å². The van der Waals surface area contributed by atoms with Gasteiger partial charge >= 0.3 is 0 Å². The van der Waals surface area contributed by atoms with E-state index in [-0.39, 0.29) is 5.91 Å². The molecule has 0 unspecified atom stereocenters. The Bertz CT molecular complexity index is 771. The number of aromatic nitrogens is 2. The summed E-state index contributed by atoms with van der Waals surface area (Å²) in [5.41, 5.74) is 4.61. The van der Waals surface area contributed by atoms with Crippen LogP contribution in [0.5, 0.6) is 0 Å². The second-order valence-electron chi connectivity index (χ2n) is 6.93. The molecular weight excluding hydrogens is 312 g/mol. The molecule has 25 heavy (non-hydrogen) atoms.